The fourth-order valence-corrected chi connectivity index (χ4v) is 5.32. The van der Waals surface area contributed by atoms with Gasteiger partial charge in [-0.3, -0.25) is 4.79 Å². The molecule has 1 atom stereocenters. The molecule has 0 aliphatic heterocycles. The van der Waals surface area contributed by atoms with Crippen molar-refractivity contribution in [3.63, 3.8) is 0 Å². The molecule has 27 heavy (non-hydrogen) atoms. The Balaban J connectivity index is 1.81. The van der Waals surface area contributed by atoms with Gasteiger partial charge < -0.3 is 4.90 Å². The van der Waals surface area contributed by atoms with Gasteiger partial charge in [-0.05, 0) is 50.0 Å². The van der Waals surface area contributed by atoms with Crippen LogP contribution in [0.5, 0.6) is 0 Å². The summed E-state index contributed by atoms with van der Waals surface area (Å²) in [7, 11) is 0. The van der Waals surface area contributed by atoms with Gasteiger partial charge in [-0.2, -0.15) is 0 Å². The number of carbonyl (C=O) groups excluding carboxylic acids is 1. The molecule has 0 radical (unpaired) electrons. The van der Waals surface area contributed by atoms with Crippen molar-refractivity contribution in [3.8, 4) is 0 Å². The van der Waals surface area contributed by atoms with Crippen molar-refractivity contribution < 1.29 is 4.79 Å². The van der Waals surface area contributed by atoms with Crippen LogP contribution in [0.2, 0.25) is 0 Å². The number of aromatic nitrogens is 4. The number of hydrogen-bond acceptors (Lipinski definition) is 5. The van der Waals surface area contributed by atoms with Crippen LogP contribution in [-0.2, 0) is 12.8 Å². The zero-order valence-electron chi connectivity index (χ0n) is 16.7. The Bertz CT molecular complexity index is 1010. The van der Waals surface area contributed by atoms with Gasteiger partial charge in [-0.1, -0.05) is 20.8 Å². The minimum atomic E-state index is -0.117. The fourth-order valence-electron chi connectivity index (χ4n) is 4.06. The molecular formula is C20H27N5OS. The number of fused-ring (bicyclic) bond motifs is 5. The molecule has 0 saturated heterocycles. The van der Waals surface area contributed by atoms with Crippen LogP contribution in [0.15, 0.2) is 6.33 Å². The van der Waals surface area contributed by atoms with Crippen LogP contribution in [0.25, 0.3) is 15.9 Å². The lowest BCUT2D eigenvalue weighted by Crippen LogP contribution is -2.31. The molecule has 4 rings (SSSR count). The lowest BCUT2D eigenvalue weighted by molar-refractivity contribution is 0.0761. The van der Waals surface area contributed by atoms with E-state index in [1.807, 2.05) is 13.8 Å². The average Bonchev–Trinajstić information content (AvgIpc) is 3.21. The van der Waals surface area contributed by atoms with Gasteiger partial charge in [0.2, 0.25) is 5.82 Å². The highest BCUT2D eigenvalue weighted by Gasteiger charge is 2.32. The summed E-state index contributed by atoms with van der Waals surface area (Å²) in [5.41, 5.74) is 2.44. The highest BCUT2D eigenvalue weighted by Crippen LogP contribution is 2.43. The largest absolute Gasteiger partial charge is 0.336 e. The molecule has 0 saturated carbocycles. The van der Waals surface area contributed by atoms with Crippen molar-refractivity contribution >= 4 is 33.1 Å². The summed E-state index contributed by atoms with van der Waals surface area (Å²) in [5, 5.41) is 5.51. The predicted molar refractivity (Wildman–Crippen MR) is 108 cm³/mol. The molecule has 0 N–H and O–H groups in total. The van der Waals surface area contributed by atoms with E-state index in [9.17, 15) is 4.79 Å². The van der Waals surface area contributed by atoms with Gasteiger partial charge in [0.25, 0.3) is 5.91 Å². The normalized spacial score (nSPS) is 17.4. The second-order valence-corrected chi connectivity index (χ2v) is 9.50. The van der Waals surface area contributed by atoms with Crippen molar-refractivity contribution in [3.05, 3.63) is 22.6 Å². The molecule has 3 heterocycles. The first-order valence-electron chi connectivity index (χ1n) is 9.78. The van der Waals surface area contributed by atoms with E-state index in [2.05, 4.69) is 35.8 Å². The van der Waals surface area contributed by atoms with E-state index in [0.29, 0.717) is 24.4 Å². The summed E-state index contributed by atoms with van der Waals surface area (Å²) < 4.78 is 1.67. The van der Waals surface area contributed by atoms with E-state index < -0.39 is 0 Å². The van der Waals surface area contributed by atoms with Crippen LogP contribution in [0.1, 0.15) is 62.1 Å². The monoisotopic (exact) mass is 385 g/mol. The second-order valence-electron chi connectivity index (χ2n) is 8.42. The number of amides is 1. The number of thiophene rings is 1. The van der Waals surface area contributed by atoms with Gasteiger partial charge in [0.15, 0.2) is 5.65 Å². The van der Waals surface area contributed by atoms with Crippen molar-refractivity contribution in [2.24, 2.45) is 11.3 Å². The number of nitrogens with zero attached hydrogens (tertiary/aromatic N) is 5. The van der Waals surface area contributed by atoms with Crippen molar-refractivity contribution in [1.29, 1.82) is 0 Å². The first-order chi connectivity index (χ1) is 12.8. The maximum atomic E-state index is 12.7. The number of rotatable bonds is 3. The van der Waals surface area contributed by atoms with E-state index in [1.165, 1.54) is 16.9 Å². The minimum Gasteiger partial charge on any atom is -0.336 e. The highest BCUT2D eigenvalue weighted by molar-refractivity contribution is 7.19. The molecule has 0 bridgehead atoms. The molecule has 6 nitrogen and oxygen atoms in total. The van der Waals surface area contributed by atoms with Crippen LogP contribution in [0.4, 0.5) is 0 Å². The molecule has 144 valence electrons. The summed E-state index contributed by atoms with van der Waals surface area (Å²) in [6.07, 6.45) is 5.02. The van der Waals surface area contributed by atoms with E-state index in [1.54, 1.807) is 27.1 Å². The Morgan fingerprint density at radius 3 is 2.74 bits per heavy atom. The number of aryl methyl sites for hydroxylation is 1. The number of carbonyl (C=O) groups is 1. The van der Waals surface area contributed by atoms with Crippen molar-refractivity contribution in [2.75, 3.05) is 13.1 Å². The Hall–Kier alpha value is -2.02. The smallest absolute Gasteiger partial charge is 0.293 e. The topological polar surface area (TPSA) is 63.4 Å². The Kier molecular flexibility index (Phi) is 4.45. The summed E-state index contributed by atoms with van der Waals surface area (Å²) in [6, 6.07) is 0. The van der Waals surface area contributed by atoms with Crippen LogP contribution < -0.4 is 0 Å². The van der Waals surface area contributed by atoms with Crippen LogP contribution in [-0.4, -0.2) is 43.5 Å². The van der Waals surface area contributed by atoms with E-state index in [-0.39, 0.29) is 11.7 Å². The molecule has 1 aliphatic carbocycles. The maximum Gasteiger partial charge on any atom is 0.293 e. The van der Waals surface area contributed by atoms with Crippen LogP contribution in [0, 0.1) is 11.3 Å². The highest BCUT2D eigenvalue weighted by atomic mass is 32.1. The molecule has 1 aliphatic rings. The third-order valence-electron chi connectivity index (χ3n) is 5.85. The van der Waals surface area contributed by atoms with E-state index in [0.717, 1.165) is 28.7 Å². The lowest BCUT2D eigenvalue weighted by atomic mass is 9.72. The third kappa shape index (κ3) is 3.02. The quantitative estimate of drug-likeness (QED) is 0.684. The minimum absolute atomic E-state index is 0.117. The Morgan fingerprint density at radius 1 is 1.33 bits per heavy atom. The summed E-state index contributed by atoms with van der Waals surface area (Å²) in [5.74, 6) is 0.830. The van der Waals surface area contributed by atoms with E-state index in [4.69, 9.17) is 0 Å². The molecular weight excluding hydrogens is 358 g/mol. The first-order valence-corrected chi connectivity index (χ1v) is 10.6. The van der Waals surface area contributed by atoms with Gasteiger partial charge in [0.1, 0.15) is 11.2 Å². The molecule has 0 spiro atoms. The Labute approximate surface area is 163 Å². The summed E-state index contributed by atoms with van der Waals surface area (Å²) in [6.45, 7) is 12.2. The average molecular weight is 386 g/mol. The third-order valence-corrected chi connectivity index (χ3v) is 7.01. The predicted octanol–water partition coefficient (Wildman–Crippen LogP) is 3.97. The zero-order chi connectivity index (χ0) is 19.3. The molecule has 0 unspecified atom stereocenters. The molecule has 3 aromatic rings. The summed E-state index contributed by atoms with van der Waals surface area (Å²) in [4.78, 5) is 26.1. The first kappa shape index (κ1) is 18.3. The molecule has 0 fully saturated rings. The molecule has 0 aromatic carbocycles. The number of hydrogen-bond donors (Lipinski definition) is 0. The van der Waals surface area contributed by atoms with Crippen LogP contribution >= 0.6 is 11.3 Å². The SMILES string of the molecule is CCN(CC)C(=O)c1nc2c3c4c(sc3ncn2n1)C[C@H](C(C)(C)C)CC4. The maximum absolute atomic E-state index is 12.7. The molecule has 1 amide bonds. The van der Waals surface area contributed by atoms with E-state index >= 15 is 0 Å². The summed E-state index contributed by atoms with van der Waals surface area (Å²) >= 11 is 1.78. The standard InChI is InChI=1S/C20H27N5OS/c1-6-24(7-2)19(26)16-22-17-15-13-9-8-12(20(3,4)5)10-14(13)27-18(15)21-11-25(17)23-16/h11-12H,6-10H2,1-5H3/t12-/m1/s1. The molecule has 7 heteroatoms. The fraction of sp³-hybridized carbons (Fsp3) is 0.600. The van der Waals surface area contributed by atoms with Crippen molar-refractivity contribution in [1.82, 2.24) is 24.5 Å². The second kappa shape index (κ2) is 6.55. The van der Waals surface area contributed by atoms with Gasteiger partial charge >= 0.3 is 0 Å². The Morgan fingerprint density at radius 2 is 2.07 bits per heavy atom. The zero-order valence-corrected chi connectivity index (χ0v) is 17.6. The van der Waals surface area contributed by atoms with Crippen molar-refractivity contribution in [2.45, 2.75) is 53.9 Å². The van der Waals surface area contributed by atoms with Gasteiger partial charge in [-0.15, -0.1) is 16.4 Å². The van der Waals surface area contributed by atoms with Crippen LogP contribution in [0.3, 0.4) is 0 Å². The van der Waals surface area contributed by atoms with Gasteiger partial charge in [-0.25, -0.2) is 14.5 Å². The lowest BCUT2D eigenvalue weighted by Gasteiger charge is -2.33. The van der Waals surface area contributed by atoms with Gasteiger partial charge in [0, 0.05) is 18.0 Å². The van der Waals surface area contributed by atoms with Gasteiger partial charge in [0.05, 0.1) is 5.39 Å². The molecule has 3 aromatic heterocycles.